The van der Waals surface area contributed by atoms with Gasteiger partial charge in [0.1, 0.15) is 6.10 Å². The summed E-state index contributed by atoms with van der Waals surface area (Å²) in [7, 11) is 1.27. The molecular weight excluding hydrogens is 172 g/mol. The first-order valence-electron chi connectivity index (χ1n) is 3.75. The second kappa shape index (κ2) is 4.51. The van der Waals surface area contributed by atoms with Gasteiger partial charge in [-0.15, -0.1) is 0 Å². The van der Waals surface area contributed by atoms with E-state index in [2.05, 4.69) is 14.7 Å². The Labute approximate surface area is 75.4 Å². The minimum Gasteiger partial charge on any atom is -0.469 e. The van der Waals surface area contributed by atoms with Crippen LogP contribution in [0.3, 0.4) is 0 Å². The summed E-state index contributed by atoms with van der Waals surface area (Å²) < 4.78 is 4.40. The molecule has 0 saturated carbocycles. The van der Waals surface area contributed by atoms with Gasteiger partial charge in [0, 0.05) is 12.4 Å². The van der Waals surface area contributed by atoms with Gasteiger partial charge in [0.2, 0.25) is 0 Å². The molecule has 0 aromatic carbocycles. The van der Waals surface area contributed by atoms with Gasteiger partial charge in [-0.25, -0.2) is 0 Å². The van der Waals surface area contributed by atoms with E-state index in [1.54, 1.807) is 0 Å². The Morgan fingerprint density at radius 2 is 2.46 bits per heavy atom. The van der Waals surface area contributed by atoms with E-state index in [9.17, 15) is 9.90 Å². The maximum Gasteiger partial charge on any atom is 0.308 e. The van der Waals surface area contributed by atoms with Gasteiger partial charge in [-0.2, -0.15) is 0 Å². The third-order valence-corrected chi connectivity index (χ3v) is 1.51. The normalized spacial score (nSPS) is 12.2. The molecule has 1 atom stereocenters. The fraction of sp³-hybridized carbons (Fsp3) is 0.375. The van der Waals surface area contributed by atoms with Gasteiger partial charge in [-0.3, -0.25) is 14.8 Å². The van der Waals surface area contributed by atoms with E-state index in [0.717, 1.165) is 0 Å². The molecule has 1 unspecified atom stereocenters. The van der Waals surface area contributed by atoms with Crippen molar-refractivity contribution >= 4 is 5.97 Å². The number of aliphatic hydroxyl groups excluding tert-OH is 1. The van der Waals surface area contributed by atoms with Crippen LogP contribution in [-0.2, 0) is 9.53 Å². The van der Waals surface area contributed by atoms with E-state index >= 15 is 0 Å². The van der Waals surface area contributed by atoms with Crippen molar-refractivity contribution in [2.75, 3.05) is 7.11 Å². The Hall–Kier alpha value is -1.49. The standard InChI is InChI=1S/C8H10N2O3/c1-13-8(12)4-7(11)6-5-9-2-3-10-6/h2-3,5,7,11H,4H2,1H3. The first-order valence-corrected chi connectivity index (χ1v) is 3.75. The molecule has 0 amide bonds. The van der Waals surface area contributed by atoms with E-state index in [4.69, 9.17) is 0 Å². The summed E-state index contributed by atoms with van der Waals surface area (Å²) in [6, 6.07) is 0. The molecule has 13 heavy (non-hydrogen) atoms. The number of aliphatic hydroxyl groups is 1. The fourth-order valence-electron chi connectivity index (χ4n) is 0.828. The van der Waals surface area contributed by atoms with Crippen LogP contribution in [0.4, 0.5) is 0 Å². The molecular formula is C8H10N2O3. The van der Waals surface area contributed by atoms with Crippen LogP contribution in [0.5, 0.6) is 0 Å². The summed E-state index contributed by atoms with van der Waals surface area (Å²) in [5.74, 6) is -0.474. The fourth-order valence-corrected chi connectivity index (χ4v) is 0.828. The smallest absolute Gasteiger partial charge is 0.308 e. The van der Waals surface area contributed by atoms with Crippen molar-refractivity contribution in [1.29, 1.82) is 0 Å². The van der Waals surface area contributed by atoms with E-state index in [1.807, 2.05) is 0 Å². The number of aromatic nitrogens is 2. The van der Waals surface area contributed by atoms with Crippen molar-refractivity contribution in [3.05, 3.63) is 24.3 Å². The summed E-state index contributed by atoms with van der Waals surface area (Å²) in [4.78, 5) is 18.4. The summed E-state index contributed by atoms with van der Waals surface area (Å²) >= 11 is 0. The number of nitrogens with zero attached hydrogens (tertiary/aromatic N) is 2. The zero-order valence-corrected chi connectivity index (χ0v) is 7.17. The predicted octanol–water partition coefficient (Wildman–Crippen LogP) is 0.0731. The van der Waals surface area contributed by atoms with Gasteiger partial charge in [0.05, 0.1) is 25.4 Å². The number of hydrogen-bond donors (Lipinski definition) is 1. The lowest BCUT2D eigenvalue weighted by atomic mass is 10.2. The Morgan fingerprint density at radius 3 is 3.00 bits per heavy atom. The van der Waals surface area contributed by atoms with Crippen molar-refractivity contribution in [3.63, 3.8) is 0 Å². The summed E-state index contributed by atoms with van der Waals surface area (Å²) in [6.07, 6.45) is 3.31. The lowest BCUT2D eigenvalue weighted by Gasteiger charge is -2.06. The van der Waals surface area contributed by atoms with Gasteiger partial charge in [0.15, 0.2) is 0 Å². The maximum atomic E-state index is 10.8. The summed E-state index contributed by atoms with van der Waals surface area (Å²) in [6.45, 7) is 0. The van der Waals surface area contributed by atoms with Gasteiger partial charge in [0.25, 0.3) is 0 Å². The number of carbonyl (C=O) groups excluding carboxylic acids is 1. The Bertz CT molecular complexity index is 276. The lowest BCUT2D eigenvalue weighted by molar-refractivity contribution is -0.142. The van der Waals surface area contributed by atoms with Crippen LogP contribution < -0.4 is 0 Å². The second-order valence-corrected chi connectivity index (χ2v) is 2.43. The number of rotatable bonds is 3. The molecule has 5 nitrogen and oxygen atoms in total. The van der Waals surface area contributed by atoms with Crippen molar-refractivity contribution in [2.45, 2.75) is 12.5 Å². The zero-order chi connectivity index (χ0) is 9.68. The van der Waals surface area contributed by atoms with E-state index < -0.39 is 12.1 Å². The van der Waals surface area contributed by atoms with E-state index in [1.165, 1.54) is 25.7 Å². The van der Waals surface area contributed by atoms with Gasteiger partial charge >= 0.3 is 5.97 Å². The van der Waals surface area contributed by atoms with Crippen LogP contribution >= 0.6 is 0 Å². The highest BCUT2D eigenvalue weighted by molar-refractivity contribution is 5.69. The molecule has 1 aromatic heterocycles. The number of carbonyl (C=O) groups is 1. The number of hydrogen-bond acceptors (Lipinski definition) is 5. The molecule has 0 radical (unpaired) electrons. The van der Waals surface area contributed by atoms with E-state index in [-0.39, 0.29) is 6.42 Å². The van der Waals surface area contributed by atoms with Crippen molar-refractivity contribution < 1.29 is 14.6 Å². The Kier molecular flexibility index (Phi) is 3.33. The van der Waals surface area contributed by atoms with E-state index in [0.29, 0.717) is 5.69 Å². The number of esters is 1. The molecule has 0 fully saturated rings. The number of methoxy groups -OCH3 is 1. The minimum atomic E-state index is -0.943. The molecule has 1 rings (SSSR count). The Morgan fingerprint density at radius 1 is 1.69 bits per heavy atom. The minimum absolute atomic E-state index is 0.102. The van der Waals surface area contributed by atoms with Crippen LogP contribution in [0.25, 0.3) is 0 Å². The average Bonchev–Trinajstić information content (AvgIpc) is 2.19. The molecule has 0 bridgehead atoms. The highest BCUT2D eigenvalue weighted by atomic mass is 16.5. The molecule has 0 spiro atoms. The summed E-state index contributed by atoms with van der Waals surface area (Å²) in [5.41, 5.74) is 0.368. The second-order valence-electron chi connectivity index (χ2n) is 2.43. The Balaban J connectivity index is 2.59. The lowest BCUT2D eigenvalue weighted by Crippen LogP contribution is -2.09. The van der Waals surface area contributed by atoms with Gasteiger partial charge < -0.3 is 9.84 Å². The first kappa shape index (κ1) is 9.60. The largest absolute Gasteiger partial charge is 0.469 e. The third-order valence-electron chi connectivity index (χ3n) is 1.51. The van der Waals surface area contributed by atoms with Crippen molar-refractivity contribution in [1.82, 2.24) is 9.97 Å². The van der Waals surface area contributed by atoms with Crippen LogP contribution in [-0.4, -0.2) is 28.2 Å². The van der Waals surface area contributed by atoms with Crippen molar-refractivity contribution in [2.24, 2.45) is 0 Å². The molecule has 0 aliphatic heterocycles. The molecule has 5 heteroatoms. The average molecular weight is 182 g/mol. The molecule has 0 saturated heterocycles. The first-order chi connectivity index (χ1) is 6.24. The molecule has 1 aromatic rings. The van der Waals surface area contributed by atoms with Crippen LogP contribution in [0.15, 0.2) is 18.6 Å². The predicted molar refractivity (Wildman–Crippen MR) is 43.6 cm³/mol. The highest BCUT2D eigenvalue weighted by Crippen LogP contribution is 2.12. The van der Waals surface area contributed by atoms with Gasteiger partial charge in [-0.1, -0.05) is 0 Å². The highest BCUT2D eigenvalue weighted by Gasteiger charge is 2.13. The maximum absolute atomic E-state index is 10.8. The molecule has 70 valence electrons. The molecule has 1 heterocycles. The quantitative estimate of drug-likeness (QED) is 0.670. The van der Waals surface area contributed by atoms with Gasteiger partial charge in [-0.05, 0) is 0 Å². The van der Waals surface area contributed by atoms with Crippen LogP contribution in [0, 0.1) is 0 Å². The third kappa shape index (κ3) is 2.79. The monoisotopic (exact) mass is 182 g/mol. The topological polar surface area (TPSA) is 72.3 Å². The zero-order valence-electron chi connectivity index (χ0n) is 7.17. The summed E-state index contributed by atoms with van der Waals surface area (Å²) in [5, 5.41) is 9.42. The molecule has 1 N–H and O–H groups in total. The SMILES string of the molecule is COC(=O)CC(O)c1cnccn1. The molecule has 0 aliphatic rings. The van der Waals surface area contributed by atoms with Crippen LogP contribution in [0.2, 0.25) is 0 Å². The number of ether oxygens (including phenoxy) is 1. The molecule has 0 aliphatic carbocycles. The van der Waals surface area contributed by atoms with Crippen molar-refractivity contribution in [3.8, 4) is 0 Å². The van der Waals surface area contributed by atoms with Crippen LogP contribution in [0.1, 0.15) is 18.2 Å².